The van der Waals surface area contributed by atoms with Crippen LogP contribution in [0.1, 0.15) is 23.1 Å². The summed E-state index contributed by atoms with van der Waals surface area (Å²) >= 11 is 0. The maximum atomic E-state index is 3.61. The van der Waals surface area contributed by atoms with Crippen LogP contribution in [0.5, 0.6) is 0 Å². The van der Waals surface area contributed by atoms with Crippen LogP contribution in [0, 0.1) is 6.92 Å². The van der Waals surface area contributed by atoms with E-state index in [1.54, 1.807) is 0 Å². The Kier molecular flexibility index (Phi) is 8.46. The Bertz CT molecular complexity index is 1040. The smallest absolute Gasteiger partial charge is 0.0206 e. The predicted molar refractivity (Wildman–Crippen MR) is 141 cm³/mol. The second-order valence-electron chi connectivity index (χ2n) is 8.67. The molecule has 2 nitrogen and oxygen atoms in total. The molecule has 168 valence electrons. The molecule has 0 radical (unpaired) electrons. The maximum Gasteiger partial charge on any atom is 0.0206 e. The molecule has 0 aromatic heterocycles. The lowest BCUT2D eigenvalue weighted by molar-refractivity contribution is 0.596. The summed E-state index contributed by atoms with van der Waals surface area (Å²) in [5.74, 6) is 0. The maximum absolute atomic E-state index is 3.61. The second kappa shape index (κ2) is 12.2. The molecule has 0 aliphatic heterocycles. The van der Waals surface area contributed by atoms with Crippen molar-refractivity contribution in [2.45, 2.75) is 26.3 Å². The molecule has 0 fully saturated rings. The van der Waals surface area contributed by atoms with E-state index >= 15 is 0 Å². The first-order chi connectivity index (χ1) is 16.3. The molecule has 0 saturated carbocycles. The van der Waals surface area contributed by atoms with Crippen LogP contribution in [0.25, 0.3) is 22.3 Å². The highest BCUT2D eigenvalue weighted by Gasteiger charge is 2.05. The van der Waals surface area contributed by atoms with Gasteiger partial charge in [-0.3, -0.25) is 0 Å². The van der Waals surface area contributed by atoms with Gasteiger partial charge < -0.3 is 10.6 Å². The summed E-state index contributed by atoms with van der Waals surface area (Å²) in [6, 6.07) is 37.1. The summed E-state index contributed by atoms with van der Waals surface area (Å²) in [6.07, 6.45) is 2.30. The van der Waals surface area contributed by atoms with Gasteiger partial charge in [-0.1, -0.05) is 90.5 Å². The van der Waals surface area contributed by atoms with Gasteiger partial charge in [-0.2, -0.15) is 0 Å². The van der Waals surface area contributed by atoms with Crippen molar-refractivity contribution in [1.29, 1.82) is 0 Å². The molecule has 0 spiro atoms. The minimum absolute atomic E-state index is 0.867. The van der Waals surface area contributed by atoms with Crippen LogP contribution in [0.4, 0.5) is 0 Å². The zero-order valence-corrected chi connectivity index (χ0v) is 19.6. The summed E-state index contributed by atoms with van der Waals surface area (Å²) in [5.41, 5.74) is 9.11. The lowest BCUT2D eigenvalue weighted by Crippen LogP contribution is -2.27. The van der Waals surface area contributed by atoms with Crippen LogP contribution < -0.4 is 10.6 Å². The van der Waals surface area contributed by atoms with Crippen LogP contribution in [-0.2, 0) is 13.0 Å². The van der Waals surface area contributed by atoms with E-state index in [9.17, 15) is 0 Å². The Morgan fingerprint density at radius 2 is 1.09 bits per heavy atom. The summed E-state index contributed by atoms with van der Waals surface area (Å²) in [7, 11) is 0. The average molecular weight is 435 g/mol. The van der Waals surface area contributed by atoms with E-state index in [1.807, 2.05) is 0 Å². The quantitative estimate of drug-likeness (QED) is 0.259. The Labute approximate surface area is 198 Å². The molecule has 0 saturated heterocycles. The summed E-state index contributed by atoms with van der Waals surface area (Å²) in [6.45, 7) is 6.00. The molecule has 33 heavy (non-hydrogen) atoms. The van der Waals surface area contributed by atoms with E-state index < -0.39 is 0 Å². The van der Waals surface area contributed by atoms with Gasteiger partial charge >= 0.3 is 0 Å². The van der Waals surface area contributed by atoms with E-state index in [4.69, 9.17) is 0 Å². The fourth-order valence-corrected chi connectivity index (χ4v) is 4.10. The highest BCUT2D eigenvalue weighted by molar-refractivity contribution is 5.74. The van der Waals surface area contributed by atoms with E-state index in [1.165, 1.54) is 45.4 Å². The molecule has 0 unspecified atom stereocenters. The van der Waals surface area contributed by atoms with Crippen molar-refractivity contribution in [3.8, 4) is 22.3 Å². The van der Waals surface area contributed by atoms with Gasteiger partial charge in [0.15, 0.2) is 0 Å². The molecule has 4 rings (SSSR count). The molecule has 2 heteroatoms. The molecule has 0 bridgehead atoms. The van der Waals surface area contributed by atoms with Crippen LogP contribution in [0.3, 0.4) is 0 Å². The standard InChI is InChI=1S/C31H34N2/c1-25-14-16-26(17-15-25)9-8-18-32-19-20-33-24-27-21-30(28-10-4-2-5-11-28)23-31(22-27)29-12-6-3-7-13-29/h2-7,10-17,21-23,32-33H,8-9,18-20,24H2,1H3. The number of hydrogen-bond donors (Lipinski definition) is 2. The fourth-order valence-electron chi connectivity index (χ4n) is 4.10. The van der Waals surface area contributed by atoms with Gasteiger partial charge in [-0.15, -0.1) is 0 Å². The Morgan fingerprint density at radius 3 is 1.70 bits per heavy atom. The van der Waals surface area contributed by atoms with Crippen molar-refractivity contribution < 1.29 is 0 Å². The van der Waals surface area contributed by atoms with Crippen LogP contribution >= 0.6 is 0 Å². The van der Waals surface area contributed by atoms with Crippen LogP contribution in [-0.4, -0.2) is 19.6 Å². The lowest BCUT2D eigenvalue weighted by atomic mass is 9.96. The number of rotatable bonds is 11. The number of hydrogen-bond acceptors (Lipinski definition) is 2. The molecule has 0 aliphatic rings. The molecule has 0 aliphatic carbocycles. The van der Waals surface area contributed by atoms with Gasteiger partial charge in [-0.05, 0) is 77.9 Å². The van der Waals surface area contributed by atoms with Crippen molar-refractivity contribution >= 4 is 0 Å². The summed E-state index contributed by atoms with van der Waals surface area (Å²) in [5, 5.41) is 7.18. The SMILES string of the molecule is Cc1ccc(CCCNCCNCc2cc(-c3ccccc3)cc(-c3ccccc3)c2)cc1. The predicted octanol–water partition coefficient (Wildman–Crippen LogP) is 6.64. The van der Waals surface area contributed by atoms with Crippen molar-refractivity contribution in [2.75, 3.05) is 19.6 Å². The zero-order valence-electron chi connectivity index (χ0n) is 19.6. The van der Waals surface area contributed by atoms with E-state index in [0.717, 1.165) is 32.6 Å². The third-order valence-corrected chi connectivity index (χ3v) is 5.95. The van der Waals surface area contributed by atoms with Crippen molar-refractivity contribution in [2.24, 2.45) is 0 Å². The highest BCUT2D eigenvalue weighted by atomic mass is 14.9. The van der Waals surface area contributed by atoms with Gasteiger partial charge in [-0.25, -0.2) is 0 Å². The van der Waals surface area contributed by atoms with Crippen LogP contribution in [0.15, 0.2) is 103 Å². The molecule has 0 heterocycles. The summed E-state index contributed by atoms with van der Waals surface area (Å²) < 4.78 is 0. The largest absolute Gasteiger partial charge is 0.315 e. The monoisotopic (exact) mass is 434 g/mol. The van der Waals surface area contributed by atoms with Crippen molar-refractivity contribution in [1.82, 2.24) is 10.6 Å². The Balaban J connectivity index is 1.28. The van der Waals surface area contributed by atoms with Gasteiger partial charge in [0.2, 0.25) is 0 Å². The van der Waals surface area contributed by atoms with Gasteiger partial charge in [0, 0.05) is 19.6 Å². The normalized spacial score (nSPS) is 10.9. The minimum Gasteiger partial charge on any atom is -0.315 e. The van der Waals surface area contributed by atoms with Gasteiger partial charge in [0.05, 0.1) is 0 Å². The third-order valence-electron chi connectivity index (χ3n) is 5.95. The molecule has 0 atom stereocenters. The van der Waals surface area contributed by atoms with Crippen molar-refractivity contribution in [3.05, 3.63) is 120 Å². The lowest BCUT2D eigenvalue weighted by Gasteiger charge is -2.12. The average Bonchev–Trinajstić information content (AvgIpc) is 2.87. The first kappa shape index (κ1) is 23.0. The summed E-state index contributed by atoms with van der Waals surface area (Å²) in [4.78, 5) is 0. The molecule has 0 amide bonds. The first-order valence-corrected chi connectivity index (χ1v) is 12.0. The van der Waals surface area contributed by atoms with Crippen LogP contribution in [0.2, 0.25) is 0 Å². The van der Waals surface area contributed by atoms with Gasteiger partial charge in [0.25, 0.3) is 0 Å². The first-order valence-electron chi connectivity index (χ1n) is 12.0. The number of nitrogens with one attached hydrogen (secondary N) is 2. The topological polar surface area (TPSA) is 24.1 Å². The van der Waals surface area contributed by atoms with Crippen molar-refractivity contribution in [3.63, 3.8) is 0 Å². The third kappa shape index (κ3) is 7.15. The number of aryl methyl sites for hydroxylation is 2. The van der Waals surface area contributed by atoms with E-state index in [-0.39, 0.29) is 0 Å². The Hall–Kier alpha value is -3.20. The van der Waals surface area contributed by atoms with E-state index in [2.05, 4.69) is 121 Å². The molecule has 2 N–H and O–H groups in total. The molecule has 4 aromatic rings. The second-order valence-corrected chi connectivity index (χ2v) is 8.67. The fraction of sp³-hybridized carbons (Fsp3) is 0.226. The Morgan fingerprint density at radius 1 is 0.515 bits per heavy atom. The van der Waals surface area contributed by atoms with E-state index in [0.29, 0.717) is 0 Å². The molecular formula is C31H34N2. The minimum atomic E-state index is 0.867. The van der Waals surface area contributed by atoms with Gasteiger partial charge in [0.1, 0.15) is 0 Å². The molecule has 4 aromatic carbocycles. The highest BCUT2D eigenvalue weighted by Crippen LogP contribution is 2.28. The molecular weight excluding hydrogens is 400 g/mol. The zero-order chi connectivity index (χ0) is 22.7. The number of benzene rings is 4.